The van der Waals surface area contributed by atoms with Crippen LogP contribution in [0.25, 0.3) is 6.08 Å². The molecule has 0 unspecified atom stereocenters. The van der Waals surface area contributed by atoms with Gasteiger partial charge in [0, 0.05) is 0 Å². The summed E-state index contributed by atoms with van der Waals surface area (Å²) in [6.45, 7) is 2.09. The molecule has 1 fully saturated rings. The highest BCUT2D eigenvalue weighted by atomic mass is 35.5. The number of aromatic nitrogens is 2. The van der Waals surface area contributed by atoms with Crippen LogP contribution in [-0.2, 0) is 4.79 Å². The van der Waals surface area contributed by atoms with Crippen LogP contribution in [0.2, 0.25) is 5.28 Å². The van der Waals surface area contributed by atoms with Gasteiger partial charge in [-0.2, -0.15) is 9.37 Å². The van der Waals surface area contributed by atoms with E-state index in [2.05, 4.69) is 9.97 Å². The molecule has 3 aromatic rings. The first-order valence-electron chi connectivity index (χ1n) is 9.52. The number of rotatable bonds is 6. The molecule has 11 heteroatoms. The Hall–Kier alpha value is -3.08. The van der Waals surface area contributed by atoms with Crippen LogP contribution in [0.3, 0.4) is 0 Å². The number of benzene rings is 2. The van der Waals surface area contributed by atoms with Gasteiger partial charge >= 0.3 is 0 Å². The Morgan fingerprint density at radius 3 is 2.79 bits per heavy atom. The third-order valence-electron chi connectivity index (χ3n) is 4.31. The first-order chi connectivity index (χ1) is 15.9. The molecule has 4 rings (SSSR count). The molecule has 1 saturated heterocycles. The normalized spacial score (nSPS) is 14.8. The summed E-state index contributed by atoms with van der Waals surface area (Å²) in [5, 5.41) is -0.165. The molecular weight excluding hydrogens is 492 g/mol. The molecule has 33 heavy (non-hydrogen) atoms. The Morgan fingerprint density at radius 1 is 1.21 bits per heavy atom. The molecule has 1 amide bonds. The average Bonchev–Trinajstić information content (AvgIpc) is 3.05. The molecule has 0 aliphatic carbocycles. The molecule has 0 saturated carbocycles. The fourth-order valence-corrected chi connectivity index (χ4v) is 4.36. The number of hydrogen-bond acceptors (Lipinski definition) is 7. The summed E-state index contributed by atoms with van der Waals surface area (Å²) >= 11 is 12.1. The van der Waals surface area contributed by atoms with Gasteiger partial charge < -0.3 is 9.47 Å². The summed E-state index contributed by atoms with van der Waals surface area (Å²) in [7, 11) is 0. The zero-order valence-electron chi connectivity index (χ0n) is 16.9. The van der Waals surface area contributed by atoms with Gasteiger partial charge in [0.25, 0.3) is 11.8 Å². The van der Waals surface area contributed by atoms with Gasteiger partial charge in [0.1, 0.15) is 5.82 Å². The van der Waals surface area contributed by atoms with Crippen LogP contribution in [0.5, 0.6) is 17.4 Å². The monoisotopic (exact) mass is 505 g/mol. The Balaban J connectivity index is 1.63. The van der Waals surface area contributed by atoms with Crippen molar-refractivity contribution >= 4 is 57.6 Å². The summed E-state index contributed by atoms with van der Waals surface area (Å²) in [6, 6.07) is 10.5. The third kappa shape index (κ3) is 5.13. The van der Waals surface area contributed by atoms with Gasteiger partial charge in [-0.15, -0.1) is 0 Å². The lowest BCUT2D eigenvalue weighted by molar-refractivity contribution is -0.113. The maximum Gasteiger partial charge on any atom is 0.270 e. The van der Waals surface area contributed by atoms with Crippen molar-refractivity contribution in [3.63, 3.8) is 0 Å². The summed E-state index contributed by atoms with van der Waals surface area (Å²) in [5.41, 5.74) is 0.969. The van der Waals surface area contributed by atoms with E-state index in [0.29, 0.717) is 28.5 Å². The number of thiocarbonyl (C=S) groups is 1. The van der Waals surface area contributed by atoms with Crippen molar-refractivity contribution in [1.82, 2.24) is 9.97 Å². The van der Waals surface area contributed by atoms with Gasteiger partial charge in [0.05, 0.1) is 23.4 Å². The zero-order chi connectivity index (χ0) is 23.5. The second-order valence-electron chi connectivity index (χ2n) is 6.53. The molecule has 2 heterocycles. The maximum atomic E-state index is 14.0. The topological polar surface area (TPSA) is 64.5 Å². The smallest absolute Gasteiger partial charge is 0.270 e. The number of ether oxygens (including phenoxy) is 2. The molecule has 0 atom stereocenters. The van der Waals surface area contributed by atoms with Gasteiger partial charge in [-0.3, -0.25) is 9.69 Å². The van der Waals surface area contributed by atoms with Gasteiger partial charge in [-0.1, -0.05) is 36.1 Å². The van der Waals surface area contributed by atoms with Crippen LogP contribution in [0.4, 0.5) is 14.5 Å². The van der Waals surface area contributed by atoms with Crippen molar-refractivity contribution in [2.75, 3.05) is 11.5 Å². The maximum absolute atomic E-state index is 14.0. The number of hydrogen-bond donors (Lipinski definition) is 0. The fraction of sp³-hybridized carbons (Fsp3) is 0.0909. The molecule has 0 N–H and O–H groups in total. The lowest BCUT2D eigenvalue weighted by Gasteiger charge is -2.14. The number of carbonyl (C=O) groups is 1. The molecular formula is C22H14ClF2N3O3S2. The largest absolute Gasteiger partial charge is 0.490 e. The van der Waals surface area contributed by atoms with Crippen LogP contribution in [0.15, 0.2) is 53.6 Å². The van der Waals surface area contributed by atoms with Gasteiger partial charge in [-0.05, 0) is 60.5 Å². The number of anilines is 1. The van der Waals surface area contributed by atoms with Crippen molar-refractivity contribution in [3.8, 4) is 17.4 Å². The third-order valence-corrected chi connectivity index (χ3v) is 5.80. The molecule has 1 aliphatic rings. The average molecular weight is 506 g/mol. The molecule has 1 aromatic heterocycles. The highest BCUT2D eigenvalue weighted by Crippen LogP contribution is 2.38. The van der Waals surface area contributed by atoms with E-state index in [0.717, 1.165) is 18.0 Å². The Labute approximate surface area is 202 Å². The molecule has 0 radical (unpaired) electrons. The minimum Gasteiger partial charge on any atom is -0.490 e. The van der Waals surface area contributed by atoms with Crippen molar-refractivity contribution in [1.29, 1.82) is 0 Å². The van der Waals surface area contributed by atoms with E-state index in [1.807, 2.05) is 0 Å². The van der Waals surface area contributed by atoms with E-state index in [4.69, 9.17) is 33.3 Å². The lowest BCUT2D eigenvalue weighted by Crippen LogP contribution is -2.27. The molecule has 0 bridgehead atoms. The summed E-state index contributed by atoms with van der Waals surface area (Å²) in [4.78, 5) is 21.8. The Bertz CT molecular complexity index is 1290. The first-order valence-corrected chi connectivity index (χ1v) is 11.1. The second-order valence-corrected chi connectivity index (χ2v) is 8.54. The fourth-order valence-electron chi connectivity index (χ4n) is 2.93. The van der Waals surface area contributed by atoms with E-state index in [9.17, 15) is 13.6 Å². The number of thioether (sulfide) groups is 1. The Morgan fingerprint density at radius 2 is 2.03 bits per heavy atom. The number of amides is 1. The molecule has 1 aliphatic heterocycles. The van der Waals surface area contributed by atoms with Crippen LogP contribution in [0, 0.1) is 11.6 Å². The van der Waals surface area contributed by atoms with E-state index in [1.165, 1.54) is 23.1 Å². The standard InChI is InChI=1S/C22H14ClF2N3O3S2/c1-2-30-17-8-12(6-7-16(17)31-19-15(25)11-26-21(23)27-19)9-18-20(29)28(22(32)33-18)14-5-3-4-13(24)10-14/h3-11H,2H2,1H3/b18-9-. The van der Waals surface area contributed by atoms with Gasteiger partial charge in [0.2, 0.25) is 11.1 Å². The van der Waals surface area contributed by atoms with E-state index < -0.39 is 11.6 Å². The molecule has 168 valence electrons. The van der Waals surface area contributed by atoms with Crippen molar-refractivity contribution in [3.05, 3.63) is 76.0 Å². The van der Waals surface area contributed by atoms with Crippen molar-refractivity contribution in [2.45, 2.75) is 6.92 Å². The minimum atomic E-state index is -0.785. The van der Waals surface area contributed by atoms with Crippen molar-refractivity contribution in [2.24, 2.45) is 0 Å². The summed E-state index contributed by atoms with van der Waals surface area (Å²) in [5.74, 6) is -1.46. The van der Waals surface area contributed by atoms with Gasteiger partial charge in [-0.25, -0.2) is 9.37 Å². The summed E-state index contributed by atoms with van der Waals surface area (Å²) in [6.07, 6.45) is 2.53. The SMILES string of the molecule is CCOc1cc(/C=C2\SC(=S)N(c3cccc(F)c3)C2=O)ccc1Oc1nc(Cl)ncc1F. The quantitative estimate of drug-likeness (QED) is 0.231. The van der Waals surface area contributed by atoms with Crippen LogP contribution < -0.4 is 14.4 Å². The molecule has 0 spiro atoms. The number of halogens is 3. The van der Waals surface area contributed by atoms with Crippen LogP contribution >= 0.6 is 35.6 Å². The zero-order valence-corrected chi connectivity index (χ0v) is 19.3. The summed E-state index contributed by atoms with van der Waals surface area (Å²) < 4.78 is 39.0. The van der Waals surface area contributed by atoms with Crippen LogP contribution in [0.1, 0.15) is 12.5 Å². The lowest BCUT2D eigenvalue weighted by atomic mass is 10.1. The van der Waals surface area contributed by atoms with E-state index >= 15 is 0 Å². The van der Waals surface area contributed by atoms with Gasteiger partial charge in [0.15, 0.2) is 15.8 Å². The first kappa shape index (κ1) is 23.1. The predicted molar refractivity (Wildman–Crippen MR) is 127 cm³/mol. The minimum absolute atomic E-state index is 0.165. The Kier molecular flexibility index (Phi) is 6.87. The van der Waals surface area contributed by atoms with E-state index in [-0.39, 0.29) is 27.1 Å². The van der Waals surface area contributed by atoms with Crippen molar-refractivity contribution < 1.29 is 23.0 Å². The second kappa shape index (κ2) is 9.82. The highest BCUT2D eigenvalue weighted by molar-refractivity contribution is 8.27. The number of carbonyl (C=O) groups excluding carboxylic acids is 1. The highest BCUT2D eigenvalue weighted by Gasteiger charge is 2.33. The number of nitrogens with zero attached hydrogens (tertiary/aromatic N) is 3. The molecule has 2 aromatic carbocycles. The molecule has 6 nitrogen and oxygen atoms in total. The van der Waals surface area contributed by atoms with Crippen LogP contribution in [-0.4, -0.2) is 26.8 Å². The predicted octanol–water partition coefficient (Wildman–Crippen LogP) is 6.01. The van der Waals surface area contributed by atoms with E-state index in [1.54, 1.807) is 37.3 Å².